The Labute approximate surface area is 133 Å². The van der Waals surface area contributed by atoms with Gasteiger partial charge in [0, 0.05) is 12.1 Å². The molecular weight excluding hydrogens is 305 g/mol. The largest absolute Gasteiger partial charge is 0.367 e. The number of hydrogen-bond acceptors (Lipinski definition) is 2. The van der Waals surface area contributed by atoms with Crippen LogP contribution >= 0.6 is 23.2 Å². The molecule has 0 atom stereocenters. The lowest BCUT2D eigenvalue weighted by Crippen LogP contribution is -2.10. The average molecular weight is 320 g/mol. The van der Waals surface area contributed by atoms with Crippen LogP contribution in [0.2, 0.25) is 10.0 Å². The third-order valence-corrected chi connectivity index (χ3v) is 4.15. The van der Waals surface area contributed by atoms with Gasteiger partial charge >= 0.3 is 0 Å². The third kappa shape index (κ3) is 2.85. The molecule has 2 aromatic carbocycles. The number of benzene rings is 2. The summed E-state index contributed by atoms with van der Waals surface area (Å²) < 4.78 is 2.18. The average Bonchev–Trinajstić information content (AvgIpc) is 2.86. The standard InChI is InChI=1S/C16H15Cl2N3/c1-2-16-20-14-5-3-4-6-15(14)21(16)10-19-11-7-8-12(17)13(18)9-11/h3-9,19H,2,10H2,1H3. The molecule has 1 aromatic heterocycles. The number of para-hydroxylation sites is 2. The van der Waals surface area contributed by atoms with E-state index >= 15 is 0 Å². The highest BCUT2D eigenvalue weighted by molar-refractivity contribution is 6.42. The van der Waals surface area contributed by atoms with Crippen LogP contribution in [0.5, 0.6) is 0 Å². The minimum absolute atomic E-state index is 0.549. The fourth-order valence-electron chi connectivity index (χ4n) is 2.35. The molecule has 0 unspecified atom stereocenters. The Morgan fingerprint density at radius 1 is 1.10 bits per heavy atom. The number of halogens is 2. The molecule has 3 aromatic rings. The van der Waals surface area contributed by atoms with E-state index in [-0.39, 0.29) is 0 Å². The molecule has 0 bridgehead atoms. The van der Waals surface area contributed by atoms with Gasteiger partial charge in [0.25, 0.3) is 0 Å². The van der Waals surface area contributed by atoms with Gasteiger partial charge in [-0.15, -0.1) is 0 Å². The van der Waals surface area contributed by atoms with E-state index in [2.05, 4.69) is 27.9 Å². The number of rotatable bonds is 4. The lowest BCUT2D eigenvalue weighted by molar-refractivity contribution is 0.736. The lowest BCUT2D eigenvalue weighted by atomic mass is 10.3. The zero-order chi connectivity index (χ0) is 14.8. The van der Waals surface area contributed by atoms with Crippen molar-refractivity contribution in [1.82, 2.24) is 9.55 Å². The molecular formula is C16H15Cl2N3. The van der Waals surface area contributed by atoms with Crippen molar-refractivity contribution in [1.29, 1.82) is 0 Å². The molecule has 1 N–H and O–H groups in total. The molecule has 1 heterocycles. The zero-order valence-electron chi connectivity index (χ0n) is 11.6. The van der Waals surface area contributed by atoms with Gasteiger partial charge in [-0.2, -0.15) is 0 Å². The lowest BCUT2D eigenvalue weighted by Gasteiger charge is -2.11. The molecule has 5 heteroatoms. The van der Waals surface area contributed by atoms with Crippen molar-refractivity contribution in [3.63, 3.8) is 0 Å². The Bertz CT molecular complexity index is 780. The molecule has 0 saturated carbocycles. The van der Waals surface area contributed by atoms with Crippen LogP contribution in [-0.2, 0) is 13.1 Å². The maximum atomic E-state index is 6.04. The summed E-state index contributed by atoms with van der Waals surface area (Å²) in [7, 11) is 0. The first-order chi connectivity index (χ1) is 10.2. The number of aromatic nitrogens is 2. The molecule has 0 aliphatic rings. The summed E-state index contributed by atoms with van der Waals surface area (Å²) in [6.07, 6.45) is 0.887. The van der Waals surface area contributed by atoms with Crippen molar-refractivity contribution in [3.05, 3.63) is 58.3 Å². The van der Waals surface area contributed by atoms with Crippen LogP contribution in [0.1, 0.15) is 12.7 Å². The second kappa shape index (κ2) is 5.96. The number of anilines is 1. The quantitative estimate of drug-likeness (QED) is 0.735. The highest BCUT2D eigenvalue weighted by atomic mass is 35.5. The monoisotopic (exact) mass is 319 g/mol. The van der Waals surface area contributed by atoms with Gasteiger partial charge in [-0.3, -0.25) is 0 Å². The summed E-state index contributed by atoms with van der Waals surface area (Å²) in [6.45, 7) is 2.75. The summed E-state index contributed by atoms with van der Waals surface area (Å²) in [4.78, 5) is 4.65. The van der Waals surface area contributed by atoms with Crippen LogP contribution in [0, 0.1) is 0 Å². The second-order valence-electron chi connectivity index (χ2n) is 4.76. The van der Waals surface area contributed by atoms with Crippen LogP contribution < -0.4 is 5.32 Å². The van der Waals surface area contributed by atoms with E-state index in [0.29, 0.717) is 16.7 Å². The van der Waals surface area contributed by atoms with Crippen molar-refractivity contribution in [2.24, 2.45) is 0 Å². The molecule has 21 heavy (non-hydrogen) atoms. The molecule has 0 aliphatic heterocycles. The minimum atomic E-state index is 0.549. The van der Waals surface area contributed by atoms with Crippen LogP contribution in [0.15, 0.2) is 42.5 Å². The number of fused-ring (bicyclic) bond motifs is 1. The maximum absolute atomic E-state index is 6.04. The number of aryl methyl sites for hydroxylation is 1. The predicted octanol–water partition coefficient (Wildman–Crippen LogP) is 4.98. The normalized spacial score (nSPS) is 11.0. The minimum Gasteiger partial charge on any atom is -0.367 e. The molecule has 3 nitrogen and oxygen atoms in total. The van der Waals surface area contributed by atoms with E-state index in [0.717, 1.165) is 29.0 Å². The van der Waals surface area contributed by atoms with Gasteiger partial charge in [0.05, 0.1) is 27.7 Å². The molecule has 108 valence electrons. The van der Waals surface area contributed by atoms with Gasteiger partial charge in [-0.1, -0.05) is 42.3 Å². The molecule has 0 amide bonds. The number of nitrogens with zero attached hydrogens (tertiary/aromatic N) is 2. The smallest absolute Gasteiger partial charge is 0.111 e. The Morgan fingerprint density at radius 3 is 2.67 bits per heavy atom. The van der Waals surface area contributed by atoms with E-state index in [1.807, 2.05) is 30.3 Å². The highest BCUT2D eigenvalue weighted by Gasteiger charge is 2.08. The first-order valence-electron chi connectivity index (χ1n) is 6.82. The van der Waals surface area contributed by atoms with Gasteiger partial charge in [-0.05, 0) is 30.3 Å². The molecule has 0 aliphatic carbocycles. The van der Waals surface area contributed by atoms with Crippen LogP contribution in [-0.4, -0.2) is 9.55 Å². The fraction of sp³-hybridized carbons (Fsp3) is 0.188. The molecule has 0 saturated heterocycles. The van der Waals surface area contributed by atoms with Crippen molar-refractivity contribution >= 4 is 39.9 Å². The summed E-state index contributed by atoms with van der Waals surface area (Å²) >= 11 is 12.0. The Morgan fingerprint density at radius 2 is 1.90 bits per heavy atom. The summed E-state index contributed by atoms with van der Waals surface area (Å²) in [5, 5.41) is 4.47. The first-order valence-corrected chi connectivity index (χ1v) is 7.57. The highest BCUT2D eigenvalue weighted by Crippen LogP contribution is 2.25. The van der Waals surface area contributed by atoms with Crippen molar-refractivity contribution in [2.45, 2.75) is 20.0 Å². The first kappa shape index (κ1) is 14.2. The Hall–Kier alpha value is -1.71. The second-order valence-corrected chi connectivity index (χ2v) is 5.58. The molecule has 0 radical (unpaired) electrons. The van der Waals surface area contributed by atoms with Crippen LogP contribution in [0.4, 0.5) is 5.69 Å². The van der Waals surface area contributed by atoms with Gasteiger partial charge in [0.15, 0.2) is 0 Å². The van der Waals surface area contributed by atoms with Gasteiger partial charge in [-0.25, -0.2) is 4.98 Å². The SMILES string of the molecule is CCc1nc2ccccc2n1CNc1ccc(Cl)c(Cl)c1. The predicted molar refractivity (Wildman–Crippen MR) is 89.2 cm³/mol. The Kier molecular flexibility index (Phi) is 4.04. The third-order valence-electron chi connectivity index (χ3n) is 3.41. The van der Waals surface area contributed by atoms with E-state index in [4.69, 9.17) is 23.2 Å². The topological polar surface area (TPSA) is 29.9 Å². The maximum Gasteiger partial charge on any atom is 0.111 e. The molecule has 3 rings (SSSR count). The van der Waals surface area contributed by atoms with Crippen molar-refractivity contribution in [2.75, 3.05) is 5.32 Å². The van der Waals surface area contributed by atoms with E-state index in [9.17, 15) is 0 Å². The fourth-order valence-corrected chi connectivity index (χ4v) is 2.65. The molecule has 0 fully saturated rings. The van der Waals surface area contributed by atoms with E-state index < -0.39 is 0 Å². The molecule has 0 spiro atoms. The van der Waals surface area contributed by atoms with E-state index in [1.54, 1.807) is 6.07 Å². The number of imidazole rings is 1. The van der Waals surface area contributed by atoms with Crippen molar-refractivity contribution < 1.29 is 0 Å². The Balaban J connectivity index is 1.89. The summed E-state index contributed by atoms with van der Waals surface area (Å²) in [5.74, 6) is 1.06. The van der Waals surface area contributed by atoms with Gasteiger partial charge in [0.1, 0.15) is 5.82 Å². The van der Waals surface area contributed by atoms with Crippen molar-refractivity contribution in [3.8, 4) is 0 Å². The summed E-state index contributed by atoms with van der Waals surface area (Å²) in [6, 6.07) is 13.7. The van der Waals surface area contributed by atoms with Crippen LogP contribution in [0.3, 0.4) is 0 Å². The van der Waals surface area contributed by atoms with Crippen LogP contribution in [0.25, 0.3) is 11.0 Å². The summed E-state index contributed by atoms with van der Waals surface area (Å²) in [5.41, 5.74) is 3.08. The van der Waals surface area contributed by atoms with E-state index in [1.165, 1.54) is 0 Å². The number of hydrogen-bond donors (Lipinski definition) is 1. The van der Waals surface area contributed by atoms with Gasteiger partial charge in [0.2, 0.25) is 0 Å². The number of nitrogens with one attached hydrogen (secondary N) is 1. The van der Waals surface area contributed by atoms with Gasteiger partial charge < -0.3 is 9.88 Å². The zero-order valence-corrected chi connectivity index (χ0v) is 13.1.